The van der Waals surface area contributed by atoms with Crippen molar-refractivity contribution in [2.75, 3.05) is 10.7 Å². The van der Waals surface area contributed by atoms with Crippen LogP contribution in [0.5, 0.6) is 0 Å². The molecule has 0 saturated carbocycles. The van der Waals surface area contributed by atoms with Gasteiger partial charge >= 0.3 is 5.69 Å². The molecular weight excluding hydrogens is 487 g/mol. The lowest BCUT2D eigenvalue weighted by molar-refractivity contribution is -0.383. The number of hydrogen-bond acceptors (Lipinski definition) is 7. The summed E-state index contributed by atoms with van der Waals surface area (Å²) in [6.45, 7) is 0. The number of nitrogens with one attached hydrogen (secondary N) is 3. The minimum atomic E-state index is -0.686. The van der Waals surface area contributed by atoms with E-state index in [1.807, 2.05) is 0 Å². The van der Waals surface area contributed by atoms with E-state index < -0.39 is 16.5 Å². The van der Waals surface area contributed by atoms with E-state index >= 15 is 0 Å². The van der Waals surface area contributed by atoms with Gasteiger partial charge in [-0.1, -0.05) is 45.2 Å². The Morgan fingerprint density at radius 2 is 1.76 bits per heavy atom. The van der Waals surface area contributed by atoms with Crippen molar-refractivity contribution in [3.8, 4) is 0 Å². The van der Waals surface area contributed by atoms with Gasteiger partial charge in [0.05, 0.1) is 20.7 Å². The number of halogens is 3. The lowest BCUT2D eigenvalue weighted by atomic mass is 10.2. The van der Waals surface area contributed by atoms with Crippen molar-refractivity contribution in [3.63, 3.8) is 0 Å². The second-order valence-electron chi connectivity index (χ2n) is 5.49. The number of carbonyl (C=O) groups excluding carboxylic acids is 1. The topological polar surface area (TPSA) is 122 Å². The molecule has 29 heavy (non-hydrogen) atoms. The van der Waals surface area contributed by atoms with Crippen molar-refractivity contribution in [1.29, 1.82) is 0 Å². The van der Waals surface area contributed by atoms with Crippen molar-refractivity contribution in [1.82, 2.24) is 15.4 Å². The number of rotatable bonds is 6. The number of anilines is 3. The molecule has 0 unspecified atom stereocenters. The number of hydrogen-bond donors (Lipinski definition) is 3. The van der Waals surface area contributed by atoms with Crippen LogP contribution in [-0.4, -0.2) is 20.8 Å². The smallest absolute Gasteiger partial charge is 0.333 e. The van der Waals surface area contributed by atoms with Crippen LogP contribution < -0.4 is 16.2 Å². The molecule has 0 fully saturated rings. The highest BCUT2D eigenvalue weighted by molar-refractivity contribution is 9.10. The average Bonchev–Trinajstić information content (AvgIpc) is 2.70. The molecule has 0 bridgehead atoms. The third-order valence-corrected chi connectivity index (χ3v) is 4.96. The fourth-order valence-electron chi connectivity index (χ4n) is 2.25. The van der Waals surface area contributed by atoms with Gasteiger partial charge in [0.1, 0.15) is 6.33 Å². The van der Waals surface area contributed by atoms with Crippen LogP contribution in [0, 0.1) is 10.1 Å². The molecule has 3 N–H and O–H groups in total. The molecule has 148 valence electrons. The third kappa shape index (κ3) is 4.91. The summed E-state index contributed by atoms with van der Waals surface area (Å²) in [6, 6.07) is 11.3. The van der Waals surface area contributed by atoms with Crippen molar-refractivity contribution in [2.24, 2.45) is 0 Å². The lowest BCUT2D eigenvalue weighted by Crippen LogP contribution is -2.30. The van der Waals surface area contributed by atoms with Crippen LogP contribution in [0.2, 0.25) is 10.0 Å². The molecule has 0 aliphatic rings. The largest absolute Gasteiger partial charge is 0.355 e. The molecular formula is C17H11BrCl2N6O3. The Balaban J connectivity index is 1.85. The maximum Gasteiger partial charge on any atom is 0.355 e. The Bertz CT molecular complexity index is 1080. The fraction of sp³-hybridized carbons (Fsp3) is 0. The summed E-state index contributed by atoms with van der Waals surface area (Å²) in [7, 11) is 0. The van der Waals surface area contributed by atoms with E-state index in [9.17, 15) is 14.9 Å². The highest BCUT2D eigenvalue weighted by Gasteiger charge is 2.24. The van der Waals surface area contributed by atoms with Crippen LogP contribution in [0.4, 0.5) is 23.0 Å². The van der Waals surface area contributed by atoms with Gasteiger partial charge in [-0.2, -0.15) is 0 Å². The van der Waals surface area contributed by atoms with Crippen molar-refractivity contribution in [2.45, 2.75) is 0 Å². The van der Waals surface area contributed by atoms with E-state index in [1.165, 1.54) is 0 Å². The third-order valence-electron chi connectivity index (χ3n) is 3.61. The number of carbonyl (C=O) groups is 1. The maximum atomic E-state index is 12.2. The second kappa shape index (κ2) is 9.03. The summed E-state index contributed by atoms with van der Waals surface area (Å²) >= 11 is 15.4. The van der Waals surface area contributed by atoms with Gasteiger partial charge in [0.25, 0.3) is 5.91 Å². The Kier molecular flexibility index (Phi) is 6.47. The number of amides is 1. The predicted molar refractivity (Wildman–Crippen MR) is 114 cm³/mol. The summed E-state index contributed by atoms with van der Waals surface area (Å²) in [5, 5.41) is 14.8. The van der Waals surface area contributed by atoms with Crippen molar-refractivity contribution in [3.05, 3.63) is 79.0 Å². The predicted octanol–water partition coefficient (Wildman–Crippen LogP) is 4.95. The van der Waals surface area contributed by atoms with Gasteiger partial charge in [0.15, 0.2) is 0 Å². The van der Waals surface area contributed by atoms with Crippen LogP contribution in [0.3, 0.4) is 0 Å². The van der Waals surface area contributed by atoms with Gasteiger partial charge in [-0.05, 0) is 36.4 Å². The molecule has 0 atom stereocenters. The van der Waals surface area contributed by atoms with Crippen LogP contribution in [0.15, 0.2) is 53.3 Å². The van der Waals surface area contributed by atoms with Gasteiger partial charge in [-0.15, -0.1) is 0 Å². The van der Waals surface area contributed by atoms with Crippen LogP contribution in [0.25, 0.3) is 0 Å². The van der Waals surface area contributed by atoms with Crippen molar-refractivity contribution < 1.29 is 9.72 Å². The first-order valence-electron chi connectivity index (χ1n) is 7.89. The van der Waals surface area contributed by atoms with Crippen LogP contribution in [-0.2, 0) is 0 Å². The maximum absolute atomic E-state index is 12.2. The zero-order chi connectivity index (χ0) is 21.0. The SMILES string of the molecule is O=C(NNc1ncnc(Nc2cccc(Cl)c2Cl)c1[N+](=O)[O-])c1ccc(Br)cc1. The molecule has 0 radical (unpaired) electrons. The summed E-state index contributed by atoms with van der Waals surface area (Å²) < 4.78 is 0.809. The zero-order valence-electron chi connectivity index (χ0n) is 14.3. The molecule has 12 heteroatoms. The number of aromatic nitrogens is 2. The Hall–Kier alpha value is -2.95. The number of benzene rings is 2. The molecule has 0 aliphatic heterocycles. The highest BCUT2D eigenvalue weighted by atomic mass is 79.9. The van der Waals surface area contributed by atoms with E-state index in [0.717, 1.165) is 10.8 Å². The van der Waals surface area contributed by atoms with E-state index in [-0.39, 0.29) is 21.7 Å². The second-order valence-corrected chi connectivity index (χ2v) is 7.19. The summed E-state index contributed by atoms with van der Waals surface area (Å²) in [6.07, 6.45) is 1.10. The highest BCUT2D eigenvalue weighted by Crippen LogP contribution is 2.35. The first-order valence-corrected chi connectivity index (χ1v) is 9.44. The average molecular weight is 498 g/mol. The van der Waals surface area contributed by atoms with Crippen LogP contribution >= 0.6 is 39.1 Å². The Morgan fingerprint density at radius 3 is 2.45 bits per heavy atom. The van der Waals surface area contributed by atoms with E-state index in [2.05, 4.69) is 42.1 Å². The standard InChI is InChI=1S/C17H11BrCl2N6O3/c18-10-6-4-9(5-7-10)17(27)25-24-16-14(26(28)29)15(21-8-22-16)23-12-3-1-2-11(19)13(12)20/h1-8H,(H,25,27)(H2,21,22,23,24). The minimum Gasteiger partial charge on any atom is -0.333 e. The number of hydrazine groups is 1. The molecule has 0 spiro atoms. The lowest BCUT2D eigenvalue weighted by Gasteiger charge is -2.12. The van der Waals surface area contributed by atoms with Gasteiger partial charge in [-0.3, -0.25) is 25.8 Å². The van der Waals surface area contributed by atoms with Crippen molar-refractivity contribution >= 4 is 68.0 Å². The number of nitro groups is 1. The monoisotopic (exact) mass is 496 g/mol. The summed E-state index contributed by atoms with van der Waals surface area (Å²) in [5.41, 5.74) is 5.01. The molecule has 0 saturated heterocycles. The zero-order valence-corrected chi connectivity index (χ0v) is 17.4. The molecule has 3 aromatic rings. The molecule has 9 nitrogen and oxygen atoms in total. The van der Waals surface area contributed by atoms with Gasteiger partial charge in [-0.25, -0.2) is 9.97 Å². The van der Waals surface area contributed by atoms with Crippen LogP contribution in [0.1, 0.15) is 10.4 Å². The first kappa shape index (κ1) is 20.8. The quantitative estimate of drug-likeness (QED) is 0.325. The first-order chi connectivity index (χ1) is 13.9. The molecule has 1 amide bonds. The van der Waals surface area contributed by atoms with Gasteiger partial charge in [0, 0.05) is 10.0 Å². The molecule has 1 heterocycles. The van der Waals surface area contributed by atoms with Gasteiger partial charge in [0.2, 0.25) is 11.6 Å². The van der Waals surface area contributed by atoms with E-state index in [4.69, 9.17) is 23.2 Å². The summed E-state index contributed by atoms with van der Waals surface area (Å²) in [5.74, 6) is -0.844. The van der Waals surface area contributed by atoms with E-state index in [1.54, 1.807) is 42.5 Å². The molecule has 2 aromatic carbocycles. The van der Waals surface area contributed by atoms with Gasteiger partial charge < -0.3 is 5.32 Å². The van der Waals surface area contributed by atoms with E-state index in [0.29, 0.717) is 11.3 Å². The Labute approximate surface area is 182 Å². The molecule has 1 aromatic heterocycles. The summed E-state index contributed by atoms with van der Waals surface area (Å²) in [4.78, 5) is 30.9. The normalized spacial score (nSPS) is 10.3. The molecule has 3 rings (SSSR count). The number of nitrogens with zero attached hydrogens (tertiary/aromatic N) is 3. The molecule has 0 aliphatic carbocycles. The Morgan fingerprint density at radius 1 is 1.07 bits per heavy atom. The minimum absolute atomic E-state index is 0.130. The fourth-order valence-corrected chi connectivity index (χ4v) is 2.86.